The van der Waals surface area contributed by atoms with E-state index in [1.807, 2.05) is 0 Å². The SMILES string of the molecule is CC1(C)CCC(C)(C)c2c(N(c3ccc(-c4ccc5cc(-c6ccccc6)ccc5c4)cc3)c3cccc4c3-c3ccccc3C43C4CC5CC(C4)CC3C5)cccc21. The summed E-state index contributed by atoms with van der Waals surface area (Å²) >= 11 is 0. The van der Waals surface area contributed by atoms with E-state index in [-0.39, 0.29) is 16.2 Å². The first kappa shape index (κ1) is 35.5. The fourth-order valence-electron chi connectivity index (χ4n) is 13.7. The van der Waals surface area contributed by atoms with E-state index in [0.717, 1.165) is 23.7 Å². The summed E-state index contributed by atoms with van der Waals surface area (Å²) in [6, 6.07) is 58.3. The van der Waals surface area contributed by atoms with Crippen molar-refractivity contribution in [2.75, 3.05) is 4.90 Å². The molecule has 7 aromatic carbocycles. The molecule has 0 saturated heterocycles. The molecule has 4 bridgehead atoms. The number of rotatable bonds is 5. The molecule has 0 radical (unpaired) electrons. The smallest absolute Gasteiger partial charge is 0.0543 e. The second-order valence-electron chi connectivity index (χ2n) is 20.4. The van der Waals surface area contributed by atoms with Gasteiger partial charge in [-0.3, -0.25) is 0 Å². The van der Waals surface area contributed by atoms with E-state index in [4.69, 9.17) is 0 Å². The van der Waals surface area contributed by atoms with Gasteiger partial charge in [-0.2, -0.15) is 0 Å². The zero-order chi connectivity index (χ0) is 39.7. The highest BCUT2D eigenvalue weighted by molar-refractivity contribution is 5.97. The lowest BCUT2D eigenvalue weighted by atomic mass is 9.43. The molecule has 0 unspecified atom stereocenters. The third-order valence-electron chi connectivity index (χ3n) is 16.3. The van der Waals surface area contributed by atoms with Gasteiger partial charge < -0.3 is 4.90 Å². The molecule has 13 rings (SSSR count). The molecule has 4 fully saturated rings. The van der Waals surface area contributed by atoms with E-state index in [2.05, 4.69) is 184 Å². The summed E-state index contributed by atoms with van der Waals surface area (Å²) in [5.74, 6) is 3.32. The van der Waals surface area contributed by atoms with Crippen molar-refractivity contribution in [1.82, 2.24) is 0 Å². The summed E-state index contributed by atoms with van der Waals surface area (Å²) in [7, 11) is 0. The molecule has 0 heterocycles. The Morgan fingerprint density at radius 3 is 1.66 bits per heavy atom. The highest BCUT2D eigenvalue weighted by Crippen LogP contribution is 2.70. The number of hydrogen-bond donors (Lipinski definition) is 0. The Labute approximate surface area is 351 Å². The molecule has 1 nitrogen and oxygen atoms in total. The van der Waals surface area contributed by atoms with Crippen molar-refractivity contribution in [3.63, 3.8) is 0 Å². The largest absolute Gasteiger partial charge is 0.310 e. The van der Waals surface area contributed by atoms with Gasteiger partial charge in [0.15, 0.2) is 0 Å². The predicted octanol–water partition coefficient (Wildman–Crippen LogP) is 15.7. The molecular formula is C58H55N. The van der Waals surface area contributed by atoms with Gasteiger partial charge in [0.05, 0.1) is 11.4 Å². The Hall–Kier alpha value is -5.40. The van der Waals surface area contributed by atoms with Crippen LogP contribution in [0, 0.1) is 23.7 Å². The fourth-order valence-corrected chi connectivity index (χ4v) is 13.7. The third kappa shape index (κ3) is 5.22. The summed E-state index contributed by atoms with van der Waals surface area (Å²) in [4.78, 5) is 2.68. The molecule has 0 aliphatic heterocycles. The lowest BCUT2D eigenvalue weighted by Gasteiger charge is -2.61. The average molecular weight is 766 g/mol. The van der Waals surface area contributed by atoms with Crippen LogP contribution in [-0.2, 0) is 16.2 Å². The molecule has 4 saturated carbocycles. The first-order chi connectivity index (χ1) is 28.7. The van der Waals surface area contributed by atoms with Crippen molar-refractivity contribution in [3.05, 3.63) is 174 Å². The molecule has 1 heteroatoms. The van der Waals surface area contributed by atoms with Crippen LogP contribution in [-0.4, -0.2) is 0 Å². The topological polar surface area (TPSA) is 3.24 Å². The molecule has 0 N–H and O–H groups in total. The summed E-state index contributed by atoms with van der Waals surface area (Å²) < 4.78 is 0. The number of nitrogens with zero attached hydrogens (tertiary/aromatic N) is 1. The Bertz CT molecular complexity index is 2760. The Kier molecular flexibility index (Phi) is 7.71. The number of anilines is 3. The normalized spacial score (nSPS) is 25.2. The molecule has 59 heavy (non-hydrogen) atoms. The van der Waals surface area contributed by atoms with Crippen LogP contribution in [0.3, 0.4) is 0 Å². The van der Waals surface area contributed by atoms with Crippen LogP contribution in [0.4, 0.5) is 17.1 Å². The quantitative estimate of drug-likeness (QED) is 0.169. The third-order valence-corrected chi connectivity index (χ3v) is 16.3. The molecular weight excluding hydrogens is 711 g/mol. The Balaban J connectivity index is 1.03. The zero-order valence-electron chi connectivity index (χ0n) is 35.1. The van der Waals surface area contributed by atoms with Crippen LogP contribution in [0.5, 0.6) is 0 Å². The van der Waals surface area contributed by atoms with Gasteiger partial charge in [0.25, 0.3) is 0 Å². The van der Waals surface area contributed by atoms with Crippen LogP contribution < -0.4 is 4.90 Å². The van der Waals surface area contributed by atoms with Gasteiger partial charge in [0.2, 0.25) is 0 Å². The van der Waals surface area contributed by atoms with Crippen molar-refractivity contribution in [1.29, 1.82) is 0 Å². The summed E-state index contributed by atoms with van der Waals surface area (Å²) in [5, 5.41) is 2.54. The molecule has 1 spiro atoms. The van der Waals surface area contributed by atoms with E-state index in [1.165, 1.54) is 117 Å². The standard InChI is InChI=1S/C58H55N/c1-56(2)28-29-57(3,4)55-51(56)17-11-19-53(55)59(47-26-24-40(25-27-47)42-21-23-43-35-41(20-22-44(43)36-42)39-12-6-5-7-13-39)52-18-10-16-50-54(52)48-14-8-9-15-49(48)58(50)45-31-37-30-38(33-45)34-46(58)32-37/h5-27,35-38,45-46H,28-34H2,1-4H3. The molecule has 0 amide bonds. The lowest BCUT2D eigenvalue weighted by molar-refractivity contribution is -0.0399. The van der Waals surface area contributed by atoms with Gasteiger partial charge in [-0.1, -0.05) is 143 Å². The maximum absolute atomic E-state index is 2.68. The van der Waals surface area contributed by atoms with Gasteiger partial charge in [0.1, 0.15) is 0 Å². The van der Waals surface area contributed by atoms with Crippen molar-refractivity contribution in [2.45, 2.75) is 88.9 Å². The molecule has 6 aliphatic carbocycles. The second kappa shape index (κ2) is 12.8. The average Bonchev–Trinajstić information content (AvgIpc) is 3.56. The van der Waals surface area contributed by atoms with Crippen molar-refractivity contribution >= 4 is 27.8 Å². The number of hydrogen-bond acceptors (Lipinski definition) is 1. The van der Waals surface area contributed by atoms with E-state index in [1.54, 1.807) is 11.1 Å². The maximum atomic E-state index is 2.68. The zero-order valence-corrected chi connectivity index (χ0v) is 35.1. The number of benzene rings is 7. The van der Waals surface area contributed by atoms with E-state index < -0.39 is 0 Å². The molecule has 6 aliphatic rings. The minimum Gasteiger partial charge on any atom is -0.310 e. The second-order valence-corrected chi connectivity index (χ2v) is 20.4. The van der Waals surface area contributed by atoms with Gasteiger partial charge in [0, 0.05) is 16.7 Å². The van der Waals surface area contributed by atoms with Crippen molar-refractivity contribution in [2.24, 2.45) is 23.7 Å². The van der Waals surface area contributed by atoms with Crippen molar-refractivity contribution in [3.8, 4) is 33.4 Å². The van der Waals surface area contributed by atoms with E-state index in [9.17, 15) is 0 Å². The monoisotopic (exact) mass is 765 g/mol. The fraction of sp³-hybridized carbons (Fsp3) is 0.310. The summed E-state index contributed by atoms with van der Waals surface area (Å²) in [6.07, 6.45) is 9.44. The minimum absolute atomic E-state index is 0.0453. The van der Waals surface area contributed by atoms with Crippen LogP contribution in [0.25, 0.3) is 44.2 Å². The van der Waals surface area contributed by atoms with Crippen LogP contribution >= 0.6 is 0 Å². The highest BCUT2D eigenvalue weighted by atomic mass is 15.1. The van der Waals surface area contributed by atoms with Crippen LogP contribution in [0.2, 0.25) is 0 Å². The van der Waals surface area contributed by atoms with E-state index >= 15 is 0 Å². The Morgan fingerprint density at radius 2 is 0.983 bits per heavy atom. The van der Waals surface area contributed by atoms with Gasteiger partial charge in [-0.25, -0.2) is 0 Å². The first-order valence-corrected chi connectivity index (χ1v) is 22.6. The summed E-state index contributed by atoms with van der Waals surface area (Å²) in [5.41, 5.74) is 18.4. The van der Waals surface area contributed by atoms with Gasteiger partial charge in [-0.05, 0) is 177 Å². The van der Waals surface area contributed by atoms with E-state index in [0.29, 0.717) is 0 Å². The highest BCUT2D eigenvalue weighted by Gasteiger charge is 2.62. The lowest BCUT2D eigenvalue weighted by Crippen LogP contribution is -2.55. The molecule has 0 aromatic heterocycles. The van der Waals surface area contributed by atoms with Crippen molar-refractivity contribution < 1.29 is 0 Å². The Morgan fingerprint density at radius 1 is 0.441 bits per heavy atom. The van der Waals surface area contributed by atoms with Crippen LogP contribution in [0.1, 0.15) is 94.9 Å². The minimum atomic E-state index is 0.0453. The molecule has 292 valence electrons. The summed E-state index contributed by atoms with van der Waals surface area (Å²) in [6.45, 7) is 9.90. The molecule has 0 atom stereocenters. The van der Waals surface area contributed by atoms with Gasteiger partial charge >= 0.3 is 0 Å². The van der Waals surface area contributed by atoms with Gasteiger partial charge in [-0.15, -0.1) is 0 Å². The van der Waals surface area contributed by atoms with Crippen LogP contribution in [0.15, 0.2) is 152 Å². The maximum Gasteiger partial charge on any atom is 0.0543 e. The first-order valence-electron chi connectivity index (χ1n) is 22.6. The number of fused-ring (bicyclic) bond motifs is 5. The molecule has 7 aromatic rings. The predicted molar refractivity (Wildman–Crippen MR) is 248 cm³/mol.